The number of pyridine rings is 1. The molecule has 0 atom stereocenters. The van der Waals surface area contributed by atoms with Crippen LogP contribution in [-0.2, 0) is 0 Å². The molecule has 2 heteroatoms. The van der Waals surface area contributed by atoms with Crippen LogP contribution in [0.25, 0.3) is 10.9 Å². The van der Waals surface area contributed by atoms with E-state index >= 15 is 0 Å². The van der Waals surface area contributed by atoms with E-state index in [4.69, 9.17) is 0 Å². The highest BCUT2D eigenvalue weighted by Crippen LogP contribution is 2.14. The summed E-state index contributed by atoms with van der Waals surface area (Å²) in [4.78, 5) is 4.15. The molecule has 0 aromatic carbocycles. The minimum atomic E-state index is 1.10. The van der Waals surface area contributed by atoms with E-state index in [2.05, 4.69) is 21.8 Å². The minimum absolute atomic E-state index is 1.10. The van der Waals surface area contributed by atoms with Crippen molar-refractivity contribution >= 4 is 22.2 Å². The molecule has 0 amide bonds. The summed E-state index contributed by atoms with van der Waals surface area (Å²) in [5.41, 5.74) is 1.10. The third-order valence-electron chi connectivity index (χ3n) is 1.25. The third kappa shape index (κ3) is 1.77. The summed E-state index contributed by atoms with van der Waals surface area (Å²) in [7, 11) is 0. The summed E-state index contributed by atoms with van der Waals surface area (Å²) in [6.07, 6.45) is 1.81. The number of nitrogens with zero attached hydrogens (tertiary/aromatic N) is 1. The standard InChI is InChI=1S/C7H5NS.C2H6/c1-2-6-4-9-5-7(6)8-3-1;1-2/h1-5H;1-2H3. The van der Waals surface area contributed by atoms with Gasteiger partial charge in [-0.2, -0.15) is 0 Å². The molecule has 2 aromatic rings. The molecule has 11 heavy (non-hydrogen) atoms. The second kappa shape index (κ2) is 4.09. The molecule has 0 N–H and O–H groups in total. The van der Waals surface area contributed by atoms with E-state index in [0.717, 1.165) is 5.52 Å². The van der Waals surface area contributed by atoms with Gasteiger partial charge in [0.2, 0.25) is 0 Å². The van der Waals surface area contributed by atoms with Gasteiger partial charge in [0.05, 0.1) is 5.52 Å². The van der Waals surface area contributed by atoms with Crippen molar-refractivity contribution in [2.45, 2.75) is 13.8 Å². The van der Waals surface area contributed by atoms with E-state index in [9.17, 15) is 0 Å². The normalized spacial score (nSPS) is 8.91. The topological polar surface area (TPSA) is 12.9 Å². The number of hydrogen-bond acceptors (Lipinski definition) is 2. The first-order valence-corrected chi connectivity index (χ1v) is 4.68. The lowest BCUT2D eigenvalue weighted by molar-refractivity contribution is 1.43. The van der Waals surface area contributed by atoms with E-state index < -0.39 is 0 Å². The molecule has 0 saturated carbocycles. The Kier molecular flexibility index (Phi) is 3.05. The van der Waals surface area contributed by atoms with Crippen molar-refractivity contribution in [1.29, 1.82) is 0 Å². The Bertz CT molecular complexity index is 284. The van der Waals surface area contributed by atoms with Crippen LogP contribution in [0.3, 0.4) is 0 Å². The fraction of sp³-hybridized carbons (Fsp3) is 0.222. The monoisotopic (exact) mass is 165 g/mol. The summed E-state index contributed by atoms with van der Waals surface area (Å²) in [6.45, 7) is 4.00. The Morgan fingerprint density at radius 2 is 2.09 bits per heavy atom. The Morgan fingerprint density at radius 1 is 1.27 bits per heavy atom. The fourth-order valence-electron chi connectivity index (χ4n) is 0.800. The lowest BCUT2D eigenvalue weighted by Gasteiger charge is -1.81. The highest BCUT2D eigenvalue weighted by molar-refractivity contribution is 7.09. The van der Waals surface area contributed by atoms with Crippen molar-refractivity contribution in [3.05, 3.63) is 29.1 Å². The molecule has 58 valence electrons. The van der Waals surface area contributed by atoms with E-state index in [-0.39, 0.29) is 0 Å². The molecule has 0 unspecified atom stereocenters. The molecule has 0 aliphatic heterocycles. The van der Waals surface area contributed by atoms with Gasteiger partial charge in [0.25, 0.3) is 0 Å². The summed E-state index contributed by atoms with van der Waals surface area (Å²) in [5.74, 6) is 0. The van der Waals surface area contributed by atoms with Gasteiger partial charge in [0, 0.05) is 22.3 Å². The van der Waals surface area contributed by atoms with Crippen LogP contribution in [0.2, 0.25) is 0 Å². The van der Waals surface area contributed by atoms with Gasteiger partial charge < -0.3 is 0 Å². The number of aromatic nitrogens is 1. The van der Waals surface area contributed by atoms with Crippen LogP contribution in [0, 0.1) is 0 Å². The Balaban J connectivity index is 0.000000281. The minimum Gasteiger partial charge on any atom is -0.255 e. The summed E-state index contributed by atoms with van der Waals surface area (Å²) >= 11 is 1.69. The number of rotatable bonds is 0. The molecule has 1 nitrogen and oxygen atoms in total. The second-order valence-corrected chi connectivity index (χ2v) is 2.59. The average molecular weight is 165 g/mol. The predicted octanol–water partition coefficient (Wildman–Crippen LogP) is 3.32. The molecule has 0 radical (unpaired) electrons. The lowest BCUT2D eigenvalue weighted by atomic mass is 10.3. The van der Waals surface area contributed by atoms with E-state index in [1.54, 1.807) is 11.3 Å². The van der Waals surface area contributed by atoms with Crippen molar-refractivity contribution in [1.82, 2.24) is 4.98 Å². The first-order valence-electron chi connectivity index (χ1n) is 3.74. The molecule has 0 spiro atoms. The van der Waals surface area contributed by atoms with Crippen LogP contribution < -0.4 is 0 Å². The molecule has 2 heterocycles. The lowest BCUT2D eigenvalue weighted by Crippen LogP contribution is -1.66. The Morgan fingerprint density at radius 3 is 2.82 bits per heavy atom. The average Bonchev–Trinajstić information content (AvgIpc) is 2.55. The molecule has 0 saturated heterocycles. The summed E-state index contributed by atoms with van der Waals surface area (Å²) in [6, 6.07) is 4.02. The number of fused-ring (bicyclic) bond motifs is 1. The van der Waals surface area contributed by atoms with Gasteiger partial charge in [-0.25, -0.2) is 0 Å². The van der Waals surface area contributed by atoms with Gasteiger partial charge in [-0.3, -0.25) is 4.98 Å². The van der Waals surface area contributed by atoms with Crippen molar-refractivity contribution < 1.29 is 0 Å². The zero-order valence-electron chi connectivity index (χ0n) is 6.74. The Hall–Kier alpha value is -0.890. The smallest absolute Gasteiger partial charge is 0.0808 e. The van der Waals surface area contributed by atoms with Crippen molar-refractivity contribution in [2.75, 3.05) is 0 Å². The second-order valence-electron chi connectivity index (χ2n) is 1.85. The van der Waals surface area contributed by atoms with E-state index in [1.165, 1.54) is 5.39 Å². The molecule has 0 aliphatic carbocycles. The van der Waals surface area contributed by atoms with E-state index in [1.807, 2.05) is 26.1 Å². The molecule has 0 aliphatic rings. The highest BCUT2D eigenvalue weighted by Gasteiger charge is 1.89. The maximum absolute atomic E-state index is 4.15. The molecule has 0 bridgehead atoms. The maximum Gasteiger partial charge on any atom is 0.0808 e. The Labute approximate surface area is 70.7 Å². The zero-order chi connectivity index (χ0) is 8.10. The first-order chi connectivity index (χ1) is 5.47. The van der Waals surface area contributed by atoms with Gasteiger partial charge in [0.1, 0.15) is 0 Å². The van der Waals surface area contributed by atoms with Crippen LogP contribution in [-0.4, -0.2) is 4.98 Å². The van der Waals surface area contributed by atoms with Gasteiger partial charge in [0.15, 0.2) is 0 Å². The molecular weight excluding hydrogens is 154 g/mol. The van der Waals surface area contributed by atoms with Crippen molar-refractivity contribution in [2.24, 2.45) is 0 Å². The van der Waals surface area contributed by atoms with Crippen LogP contribution in [0.15, 0.2) is 29.1 Å². The highest BCUT2D eigenvalue weighted by atomic mass is 32.1. The van der Waals surface area contributed by atoms with E-state index in [0.29, 0.717) is 0 Å². The van der Waals surface area contributed by atoms with Crippen molar-refractivity contribution in [3.8, 4) is 0 Å². The molecule has 2 aromatic heterocycles. The summed E-state index contributed by atoms with van der Waals surface area (Å²) < 4.78 is 0. The SMILES string of the molecule is CC.c1cnc2cscc2c1. The quantitative estimate of drug-likeness (QED) is 0.583. The maximum atomic E-state index is 4.15. The van der Waals surface area contributed by atoms with Crippen LogP contribution in [0.1, 0.15) is 13.8 Å². The number of hydrogen-bond donors (Lipinski definition) is 0. The third-order valence-corrected chi connectivity index (χ3v) is 2.00. The van der Waals surface area contributed by atoms with Gasteiger partial charge >= 0.3 is 0 Å². The van der Waals surface area contributed by atoms with Crippen LogP contribution >= 0.6 is 11.3 Å². The van der Waals surface area contributed by atoms with Crippen LogP contribution in [0.5, 0.6) is 0 Å². The van der Waals surface area contributed by atoms with Crippen LogP contribution in [0.4, 0.5) is 0 Å². The largest absolute Gasteiger partial charge is 0.255 e. The number of thiophene rings is 1. The zero-order valence-corrected chi connectivity index (χ0v) is 7.56. The van der Waals surface area contributed by atoms with Gasteiger partial charge in [-0.1, -0.05) is 19.9 Å². The predicted molar refractivity (Wildman–Crippen MR) is 51.0 cm³/mol. The van der Waals surface area contributed by atoms with Gasteiger partial charge in [-0.05, 0) is 6.07 Å². The summed E-state index contributed by atoms with van der Waals surface area (Å²) in [5, 5.41) is 5.39. The molecule has 0 fully saturated rings. The molecule has 2 rings (SSSR count). The van der Waals surface area contributed by atoms with Crippen molar-refractivity contribution in [3.63, 3.8) is 0 Å². The molecular formula is C9H11NS. The van der Waals surface area contributed by atoms with Gasteiger partial charge in [-0.15, -0.1) is 11.3 Å². The first kappa shape index (κ1) is 8.21. The fourth-order valence-corrected chi connectivity index (χ4v) is 1.54.